The summed E-state index contributed by atoms with van der Waals surface area (Å²) in [5.74, 6) is 1.18. The van der Waals surface area contributed by atoms with Crippen LogP contribution in [0.1, 0.15) is 38.1 Å². The van der Waals surface area contributed by atoms with E-state index >= 15 is 0 Å². The van der Waals surface area contributed by atoms with E-state index in [0.29, 0.717) is 12.1 Å². The summed E-state index contributed by atoms with van der Waals surface area (Å²) in [6, 6.07) is 6.55. The summed E-state index contributed by atoms with van der Waals surface area (Å²) in [7, 11) is 1.79. The lowest BCUT2D eigenvalue weighted by atomic mass is 9.88. The molecule has 0 atom stereocenters. The smallest absolute Gasteiger partial charge is 0.110 e. The lowest BCUT2D eigenvalue weighted by Gasteiger charge is -2.36. The molecule has 0 bridgehead atoms. The number of anilines is 1. The third kappa shape index (κ3) is 2.10. The van der Waals surface area contributed by atoms with Gasteiger partial charge in [0.1, 0.15) is 5.82 Å². The van der Waals surface area contributed by atoms with E-state index in [0.717, 1.165) is 36.9 Å². The SMILES string of the molecule is CCCc1nc2cc(N)ccc2n1C1CC(OC)C1. The zero-order valence-electron chi connectivity index (χ0n) is 11.6. The summed E-state index contributed by atoms with van der Waals surface area (Å²) in [6.45, 7) is 2.19. The van der Waals surface area contributed by atoms with Gasteiger partial charge in [0.25, 0.3) is 0 Å². The van der Waals surface area contributed by atoms with E-state index in [1.807, 2.05) is 12.1 Å². The Kier molecular flexibility index (Phi) is 3.19. The van der Waals surface area contributed by atoms with Crippen molar-refractivity contribution in [1.82, 2.24) is 9.55 Å². The molecule has 0 amide bonds. The summed E-state index contributed by atoms with van der Waals surface area (Å²) in [5, 5.41) is 0. The number of aromatic nitrogens is 2. The molecule has 1 aromatic carbocycles. The van der Waals surface area contributed by atoms with Crippen LogP contribution in [0.2, 0.25) is 0 Å². The van der Waals surface area contributed by atoms with Crippen LogP contribution in [0.4, 0.5) is 5.69 Å². The number of nitrogens with zero attached hydrogens (tertiary/aromatic N) is 2. The van der Waals surface area contributed by atoms with Crippen molar-refractivity contribution in [1.29, 1.82) is 0 Å². The normalized spacial score (nSPS) is 22.6. The highest BCUT2D eigenvalue weighted by molar-refractivity contribution is 5.80. The summed E-state index contributed by atoms with van der Waals surface area (Å²) >= 11 is 0. The predicted molar refractivity (Wildman–Crippen MR) is 77.2 cm³/mol. The maximum absolute atomic E-state index is 5.85. The van der Waals surface area contributed by atoms with Crippen LogP contribution in [0, 0.1) is 0 Å². The van der Waals surface area contributed by atoms with Gasteiger partial charge in [-0.3, -0.25) is 0 Å². The number of ether oxygens (including phenoxy) is 1. The second kappa shape index (κ2) is 4.85. The van der Waals surface area contributed by atoms with Gasteiger partial charge in [0, 0.05) is 25.3 Å². The Balaban J connectivity index is 2.02. The number of hydrogen-bond acceptors (Lipinski definition) is 3. The van der Waals surface area contributed by atoms with Crippen LogP contribution in [0.3, 0.4) is 0 Å². The molecule has 1 saturated carbocycles. The highest BCUT2D eigenvalue weighted by atomic mass is 16.5. The van der Waals surface area contributed by atoms with E-state index in [-0.39, 0.29) is 0 Å². The molecule has 2 aromatic rings. The fraction of sp³-hybridized carbons (Fsp3) is 0.533. The molecule has 0 saturated heterocycles. The summed E-state index contributed by atoms with van der Waals surface area (Å²) in [5.41, 5.74) is 8.86. The van der Waals surface area contributed by atoms with Gasteiger partial charge >= 0.3 is 0 Å². The molecule has 102 valence electrons. The maximum Gasteiger partial charge on any atom is 0.110 e. The van der Waals surface area contributed by atoms with Crippen molar-refractivity contribution in [3.8, 4) is 0 Å². The molecule has 0 radical (unpaired) electrons. The van der Waals surface area contributed by atoms with E-state index < -0.39 is 0 Å². The van der Waals surface area contributed by atoms with Crippen LogP contribution < -0.4 is 5.73 Å². The third-order valence-corrected chi connectivity index (χ3v) is 4.03. The second-order valence-electron chi connectivity index (χ2n) is 5.38. The Hall–Kier alpha value is -1.55. The summed E-state index contributed by atoms with van der Waals surface area (Å²) < 4.78 is 7.79. The first kappa shape index (κ1) is 12.5. The first-order chi connectivity index (χ1) is 9.22. The van der Waals surface area contributed by atoms with Gasteiger partial charge < -0.3 is 15.0 Å². The molecular formula is C15H21N3O. The van der Waals surface area contributed by atoms with E-state index in [1.54, 1.807) is 7.11 Å². The van der Waals surface area contributed by atoms with E-state index in [2.05, 4.69) is 17.6 Å². The number of hydrogen-bond donors (Lipinski definition) is 1. The van der Waals surface area contributed by atoms with E-state index in [4.69, 9.17) is 15.5 Å². The van der Waals surface area contributed by atoms with Crippen molar-refractivity contribution in [2.75, 3.05) is 12.8 Å². The average Bonchev–Trinajstić information content (AvgIpc) is 2.66. The van der Waals surface area contributed by atoms with Gasteiger partial charge in [0.2, 0.25) is 0 Å². The zero-order chi connectivity index (χ0) is 13.4. The van der Waals surface area contributed by atoms with Crippen LogP contribution >= 0.6 is 0 Å². The fourth-order valence-electron chi connectivity index (χ4n) is 2.91. The number of imidazole rings is 1. The zero-order valence-corrected chi connectivity index (χ0v) is 11.6. The quantitative estimate of drug-likeness (QED) is 0.859. The Morgan fingerprint density at radius 1 is 1.42 bits per heavy atom. The Labute approximate surface area is 113 Å². The molecule has 3 rings (SSSR count). The van der Waals surface area contributed by atoms with Crippen molar-refractivity contribution in [2.24, 2.45) is 0 Å². The number of fused-ring (bicyclic) bond motifs is 1. The minimum absolute atomic E-state index is 0.408. The van der Waals surface area contributed by atoms with Gasteiger partial charge in [0.15, 0.2) is 0 Å². The van der Waals surface area contributed by atoms with E-state index in [1.165, 1.54) is 11.3 Å². The molecule has 1 heterocycles. The lowest BCUT2D eigenvalue weighted by Crippen LogP contribution is -2.33. The molecule has 4 nitrogen and oxygen atoms in total. The van der Waals surface area contributed by atoms with E-state index in [9.17, 15) is 0 Å². The Morgan fingerprint density at radius 3 is 2.89 bits per heavy atom. The summed E-state index contributed by atoms with van der Waals surface area (Å²) in [4.78, 5) is 4.76. The fourth-order valence-corrected chi connectivity index (χ4v) is 2.91. The predicted octanol–water partition coefficient (Wildman–Crippen LogP) is 2.92. The molecular weight excluding hydrogens is 238 g/mol. The molecule has 1 aliphatic rings. The number of nitrogens with two attached hydrogens (primary N) is 1. The Morgan fingerprint density at radius 2 is 2.21 bits per heavy atom. The molecule has 0 aliphatic heterocycles. The molecule has 4 heteroatoms. The molecule has 0 unspecified atom stereocenters. The Bertz CT molecular complexity index is 584. The largest absolute Gasteiger partial charge is 0.399 e. The minimum Gasteiger partial charge on any atom is -0.399 e. The first-order valence-electron chi connectivity index (χ1n) is 7.02. The number of methoxy groups -OCH3 is 1. The minimum atomic E-state index is 0.408. The molecule has 1 aliphatic carbocycles. The van der Waals surface area contributed by atoms with Gasteiger partial charge in [-0.2, -0.15) is 0 Å². The van der Waals surface area contributed by atoms with Crippen molar-refractivity contribution < 1.29 is 4.74 Å². The molecule has 1 aromatic heterocycles. The van der Waals surface area contributed by atoms with Crippen LogP contribution in [-0.2, 0) is 11.2 Å². The monoisotopic (exact) mass is 259 g/mol. The first-order valence-corrected chi connectivity index (χ1v) is 7.02. The van der Waals surface area contributed by atoms with Gasteiger partial charge in [-0.1, -0.05) is 6.92 Å². The van der Waals surface area contributed by atoms with Gasteiger partial charge in [-0.25, -0.2) is 4.98 Å². The van der Waals surface area contributed by atoms with Crippen molar-refractivity contribution in [3.63, 3.8) is 0 Å². The number of nitrogen functional groups attached to an aromatic ring is 1. The number of benzene rings is 1. The van der Waals surface area contributed by atoms with Crippen LogP contribution in [0.15, 0.2) is 18.2 Å². The summed E-state index contributed by atoms with van der Waals surface area (Å²) in [6.07, 6.45) is 4.71. The average molecular weight is 259 g/mol. The highest BCUT2D eigenvalue weighted by Gasteiger charge is 2.32. The van der Waals surface area contributed by atoms with Crippen LogP contribution in [-0.4, -0.2) is 22.8 Å². The highest BCUT2D eigenvalue weighted by Crippen LogP contribution is 2.37. The third-order valence-electron chi connectivity index (χ3n) is 4.03. The van der Waals surface area contributed by atoms with Gasteiger partial charge in [-0.05, 0) is 37.5 Å². The van der Waals surface area contributed by atoms with Gasteiger partial charge in [-0.15, -0.1) is 0 Å². The topological polar surface area (TPSA) is 53.1 Å². The van der Waals surface area contributed by atoms with Crippen molar-refractivity contribution in [3.05, 3.63) is 24.0 Å². The van der Waals surface area contributed by atoms with Gasteiger partial charge in [0.05, 0.1) is 17.1 Å². The molecule has 1 fully saturated rings. The molecule has 19 heavy (non-hydrogen) atoms. The van der Waals surface area contributed by atoms with Crippen LogP contribution in [0.5, 0.6) is 0 Å². The van der Waals surface area contributed by atoms with Crippen molar-refractivity contribution in [2.45, 2.75) is 44.8 Å². The number of rotatable bonds is 4. The second-order valence-corrected chi connectivity index (χ2v) is 5.38. The molecule has 2 N–H and O–H groups in total. The number of aryl methyl sites for hydroxylation is 1. The lowest BCUT2D eigenvalue weighted by molar-refractivity contribution is 0.00658. The van der Waals surface area contributed by atoms with Crippen molar-refractivity contribution >= 4 is 16.7 Å². The maximum atomic E-state index is 5.85. The molecule has 0 spiro atoms. The van der Waals surface area contributed by atoms with Crippen LogP contribution in [0.25, 0.3) is 11.0 Å². The standard InChI is InChI=1S/C15H21N3O/c1-3-4-15-17-13-7-10(16)5-6-14(13)18(15)11-8-12(9-11)19-2/h5-7,11-12H,3-4,8-9,16H2,1-2H3.